The van der Waals surface area contributed by atoms with E-state index in [0.717, 1.165) is 18.5 Å². The first kappa shape index (κ1) is 22.1. The predicted octanol–water partition coefficient (Wildman–Crippen LogP) is 5.78. The Morgan fingerprint density at radius 2 is 1.93 bits per heavy atom. The molecule has 1 unspecified atom stereocenters. The number of halogens is 2. The van der Waals surface area contributed by atoms with E-state index in [1.165, 1.54) is 12.1 Å². The van der Waals surface area contributed by atoms with Crippen LogP contribution in [-0.2, 0) is 0 Å². The van der Waals surface area contributed by atoms with E-state index in [-0.39, 0.29) is 17.2 Å². The molecule has 2 atom stereocenters. The molecule has 2 aromatic rings. The summed E-state index contributed by atoms with van der Waals surface area (Å²) in [7, 11) is 0. The number of nitrogens with zero attached hydrogens (tertiary/aromatic N) is 1. The maximum Gasteiger partial charge on any atom is 0.133 e. The molecule has 2 heterocycles. The quantitative estimate of drug-likeness (QED) is 0.628. The topological polar surface area (TPSA) is 46.2 Å². The summed E-state index contributed by atoms with van der Waals surface area (Å²) >= 11 is 0. The Balaban J connectivity index is 1.86. The van der Waals surface area contributed by atoms with Crippen LogP contribution < -0.4 is 15.4 Å². The van der Waals surface area contributed by atoms with Crippen molar-refractivity contribution in [1.82, 2.24) is 15.6 Å². The van der Waals surface area contributed by atoms with Gasteiger partial charge in [-0.2, -0.15) is 0 Å². The van der Waals surface area contributed by atoms with Crippen LogP contribution in [0.4, 0.5) is 8.78 Å². The summed E-state index contributed by atoms with van der Waals surface area (Å²) in [5, 5.41) is 6.57. The summed E-state index contributed by atoms with van der Waals surface area (Å²) in [6.07, 6.45) is 3.78. The lowest BCUT2D eigenvalue weighted by atomic mass is 10.0. The summed E-state index contributed by atoms with van der Waals surface area (Å²) in [6.45, 7) is 11.6. The molecule has 0 aliphatic carbocycles. The third-order valence-corrected chi connectivity index (χ3v) is 5.03. The fourth-order valence-corrected chi connectivity index (χ4v) is 3.60. The number of benzene rings is 1. The molecule has 30 heavy (non-hydrogen) atoms. The first-order chi connectivity index (χ1) is 14.1. The lowest BCUT2D eigenvalue weighted by Gasteiger charge is -2.22. The van der Waals surface area contributed by atoms with Crippen molar-refractivity contribution in [2.24, 2.45) is 0 Å². The lowest BCUT2D eigenvalue weighted by Crippen LogP contribution is -2.23. The number of hydrogen-bond donors (Lipinski definition) is 2. The molecule has 1 aromatic heterocycles. The second kappa shape index (κ2) is 8.62. The van der Waals surface area contributed by atoms with Crippen molar-refractivity contribution in [3.8, 4) is 17.0 Å². The molecular weight excluding hydrogens is 384 g/mol. The highest BCUT2D eigenvalue weighted by molar-refractivity contribution is 5.63. The van der Waals surface area contributed by atoms with Crippen LogP contribution in [0, 0.1) is 18.6 Å². The van der Waals surface area contributed by atoms with E-state index in [1.807, 2.05) is 33.9 Å². The van der Waals surface area contributed by atoms with Gasteiger partial charge in [0.05, 0.1) is 11.7 Å². The van der Waals surface area contributed by atoms with Crippen molar-refractivity contribution in [2.45, 2.75) is 72.1 Å². The standard InChI is InChI=1S/C24H31F2N3O/c1-7-16-9-17(13-27-16)29-15(3)19-11-22(26)20(12-21(19)25)23-10-18(8-14(2)28-23)30-24(4,5)6/h8,10-13,15-16,27,29H,7,9H2,1-6H3/t15?,16-/m0/s1. The fourth-order valence-electron chi connectivity index (χ4n) is 3.60. The van der Waals surface area contributed by atoms with E-state index in [4.69, 9.17) is 4.74 Å². The zero-order chi connectivity index (χ0) is 22.1. The molecule has 4 nitrogen and oxygen atoms in total. The van der Waals surface area contributed by atoms with Gasteiger partial charge in [-0.1, -0.05) is 6.92 Å². The number of rotatable bonds is 6. The van der Waals surface area contributed by atoms with Crippen molar-refractivity contribution in [1.29, 1.82) is 0 Å². The first-order valence-electron chi connectivity index (χ1n) is 10.4. The van der Waals surface area contributed by atoms with Crippen LogP contribution in [0.5, 0.6) is 5.75 Å². The number of nitrogens with one attached hydrogen (secondary N) is 2. The third kappa shape index (κ3) is 5.29. The molecule has 0 fully saturated rings. The zero-order valence-corrected chi connectivity index (χ0v) is 18.6. The minimum absolute atomic E-state index is 0.124. The number of ether oxygens (including phenoxy) is 1. The Bertz CT molecular complexity index is 950. The number of aromatic nitrogens is 1. The second-order valence-electron chi connectivity index (χ2n) is 8.91. The lowest BCUT2D eigenvalue weighted by molar-refractivity contribution is 0.131. The smallest absolute Gasteiger partial charge is 0.133 e. The minimum Gasteiger partial charge on any atom is -0.488 e. The molecule has 0 bridgehead atoms. The van der Waals surface area contributed by atoms with Crippen molar-refractivity contribution in [3.63, 3.8) is 0 Å². The van der Waals surface area contributed by atoms with Gasteiger partial charge in [0.15, 0.2) is 0 Å². The third-order valence-electron chi connectivity index (χ3n) is 5.03. The van der Waals surface area contributed by atoms with Crippen LogP contribution in [0.1, 0.15) is 64.8 Å². The Labute approximate surface area is 177 Å². The van der Waals surface area contributed by atoms with Crippen molar-refractivity contribution in [2.75, 3.05) is 0 Å². The normalized spacial score (nSPS) is 17.3. The van der Waals surface area contributed by atoms with Gasteiger partial charge >= 0.3 is 0 Å². The van der Waals surface area contributed by atoms with Crippen LogP contribution in [0.2, 0.25) is 0 Å². The van der Waals surface area contributed by atoms with Crippen LogP contribution in [0.25, 0.3) is 11.3 Å². The van der Waals surface area contributed by atoms with Gasteiger partial charge in [-0.05, 0) is 53.2 Å². The molecule has 0 amide bonds. The maximum atomic E-state index is 15.0. The number of aryl methyl sites for hydroxylation is 1. The molecule has 0 saturated heterocycles. The molecule has 0 spiro atoms. The molecule has 0 radical (unpaired) electrons. The molecule has 0 saturated carbocycles. The van der Waals surface area contributed by atoms with Crippen molar-refractivity contribution in [3.05, 3.63) is 59.1 Å². The van der Waals surface area contributed by atoms with Gasteiger partial charge in [-0.25, -0.2) is 8.78 Å². The molecule has 1 aromatic carbocycles. The molecule has 6 heteroatoms. The molecule has 162 valence electrons. The van der Waals surface area contributed by atoms with E-state index in [0.29, 0.717) is 23.2 Å². The Morgan fingerprint density at radius 1 is 1.20 bits per heavy atom. The highest BCUT2D eigenvalue weighted by Gasteiger charge is 2.21. The van der Waals surface area contributed by atoms with Crippen molar-refractivity contribution >= 4 is 0 Å². The Morgan fingerprint density at radius 3 is 2.57 bits per heavy atom. The van der Waals surface area contributed by atoms with Crippen LogP contribution >= 0.6 is 0 Å². The first-order valence-corrected chi connectivity index (χ1v) is 10.4. The zero-order valence-electron chi connectivity index (χ0n) is 18.6. The molecule has 2 N–H and O–H groups in total. The largest absolute Gasteiger partial charge is 0.488 e. The van der Waals surface area contributed by atoms with Gasteiger partial charge in [-0.3, -0.25) is 4.98 Å². The van der Waals surface area contributed by atoms with Gasteiger partial charge in [0.1, 0.15) is 23.0 Å². The molecule has 3 rings (SSSR count). The van der Waals surface area contributed by atoms with Gasteiger partial charge in [0.2, 0.25) is 0 Å². The predicted molar refractivity (Wildman–Crippen MR) is 116 cm³/mol. The highest BCUT2D eigenvalue weighted by Crippen LogP contribution is 2.31. The summed E-state index contributed by atoms with van der Waals surface area (Å²) in [6, 6.07) is 5.95. The minimum atomic E-state index is -0.509. The average molecular weight is 416 g/mol. The van der Waals surface area contributed by atoms with Crippen LogP contribution in [0.15, 0.2) is 36.2 Å². The average Bonchev–Trinajstić information content (AvgIpc) is 3.08. The fraction of sp³-hybridized carbons (Fsp3) is 0.458. The molecular formula is C24H31F2N3O. The van der Waals surface area contributed by atoms with E-state index < -0.39 is 17.2 Å². The van der Waals surface area contributed by atoms with E-state index in [9.17, 15) is 4.39 Å². The summed E-state index contributed by atoms with van der Waals surface area (Å²) < 4.78 is 35.9. The highest BCUT2D eigenvalue weighted by atomic mass is 19.1. The van der Waals surface area contributed by atoms with Gasteiger partial charge in [0.25, 0.3) is 0 Å². The Kier molecular flexibility index (Phi) is 6.34. The van der Waals surface area contributed by atoms with E-state index in [1.54, 1.807) is 19.1 Å². The summed E-state index contributed by atoms with van der Waals surface area (Å²) in [4.78, 5) is 4.39. The van der Waals surface area contributed by atoms with Gasteiger partial charge in [0, 0.05) is 53.3 Å². The Hall–Kier alpha value is -2.63. The molecule has 1 aliphatic heterocycles. The monoisotopic (exact) mass is 415 g/mol. The summed E-state index contributed by atoms with van der Waals surface area (Å²) in [5.41, 5.74) is 2.04. The van der Waals surface area contributed by atoms with Crippen molar-refractivity contribution < 1.29 is 13.5 Å². The number of hydrogen-bond acceptors (Lipinski definition) is 4. The maximum absolute atomic E-state index is 15.0. The number of pyridine rings is 1. The van der Waals surface area contributed by atoms with Gasteiger partial charge < -0.3 is 15.4 Å². The summed E-state index contributed by atoms with van der Waals surface area (Å²) in [5.74, 6) is -0.397. The van der Waals surface area contributed by atoms with E-state index >= 15 is 4.39 Å². The molecule has 1 aliphatic rings. The second-order valence-corrected chi connectivity index (χ2v) is 8.91. The van der Waals surface area contributed by atoms with Crippen LogP contribution in [0.3, 0.4) is 0 Å². The van der Waals surface area contributed by atoms with Gasteiger partial charge in [-0.15, -0.1) is 0 Å². The van der Waals surface area contributed by atoms with E-state index in [2.05, 4.69) is 22.5 Å². The van der Waals surface area contributed by atoms with Crippen LogP contribution in [-0.4, -0.2) is 16.6 Å². The SMILES string of the molecule is CC[C@H]1CC(NC(C)c2cc(F)c(-c3cc(OC(C)(C)C)cc(C)n3)cc2F)=CN1.